The summed E-state index contributed by atoms with van der Waals surface area (Å²) < 4.78 is 0. The Morgan fingerprint density at radius 3 is 2.11 bits per heavy atom. The van der Waals surface area contributed by atoms with Gasteiger partial charge < -0.3 is 5.73 Å². The Bertz CT molecular complexity index is 515. The van der Waals surface area contributed by atoms with Crippen molar-refractivity contribution in [1.82, 2.24) is 9.97 Å². The van der Waals surface area contributed by atoms with Gasteiger partial charge >= 0.3 is 0 Å². The molecule has 0 saturated heterocycles. The van der Waals surface area contributed by atoms with Crippen LogP contribution in [-0.2, 0) is 0 Å². The van der Waals surface area contributed by atoms with E-state index in [1.807, 2.05) is 26.8 Å². The lowest BCUT2D eigenvalue weighted by molar-refractivity contribution is 0.817. The van der Waals surface area contributed by atoms with Crippen LogP contribution in [0.25, 0.3) is 0 Å². The largest absolute Gasteiger partial charge is 0.324 e. The molecule has 3 nitrogen and oxygen atoms in total. The number of benzene rings is 1. The summed E-state index contributed by atoms with van der Waals surface area (Å²) in [5, 5.41) is 0.793. The number of nitrogens with two attached hydrogens (primary N) is 1. The summed E-state index contributed by atoms with van der Waals surface area (Å²) in [6.07, 6.45) is 0. The van der Waals surface area contributed by atoms with E-state index in [4.69, 9.17) is 5.73 Å². The normalized spacial score (nSPS) is 12.4. The number of hydrogen-bond acceptors (Lipinski definition) is 4. The third kappa shape index (κ3) is 3.31. The zero-order chi connectivity index (χ0) is 13.1. The molecule has 1 aromatic heterocycles. The summed E-state index contributed by atoms with van der Waals surface area (Å²) in [6.45, 7) is 5.95. The number of aromatic nitrogens is 2. The smallest absolute Gasteiger partial charge is 0.192 e. The lowest BCUT2D eigenvalue weighted by atomic mass is 10.1. The molecule has 0 bridgehead atoms. The first-order chi connectivity index (χ1) is 8.54. The highest BCUT2D eigenvalue weighted by atomic mass is 32.2. The monoisotopic (exact) mass is 259 g/mol. The molecule has 0 radical (unpaired) electrons. The second-order valence-electron chi connectivity index (χ2n) is 4.39. The molecule has 2 aromatic rings. The van der Waals surface area contributed by atoms with Crippen molar-refractivity contribution in [3.63, 3.8) is 0 Å². The molecule has 2 N–H and O–H groups in total. The quantitative estimate of drug-likeness (QED) is 0.860. The Morgan fingerprint density at radius 2 is 1.61 bits per heavy atom. The first-order valence-corrected chi connectivity index (χ1v) is 6.72. The van der Waals surface area contributed by atoms with Gasteiger partial charge in [-0.1, -0.05) is 12.1 Å². The fourth-order valence-electron chi connectivity index (χ4n) is 1.68. The summed E-state index contributed by atoms with van der Waals surface area (Å²) >= 11 is 1.57. The zero-order valence-corrected chi connectivity index (χ0v) is 11.7. The first kappa shape index (κ1) is 13.1. The molecule has 1 aromatic carbocycles. The van der Waals surface area contributed by atoms with Crippen molar-refractivity contribution in [1.29, 1.82) is 0 Å². The molecule has 1 atom stereocenters. The summed E-state index contributed by atoms with van der Waals surface area (Å²) in [6, 6.07) is 10.3. The molecule has 4 heteroatoms. The minimum atomic E-state index is 0.0708. The van der Waals surface area contributed by atoms with Crippen LogP contribution in [-0.4, -0.2) is 9.97 Å². The molecular weight excluding hydrogens is 242 g/mol. The summed E-state index contributed by atoms with van der Waals surface area (Å²) in [5.41, 5.74) is 8.96. The van der Waals surface area contributed by atoms with E-state index in [0.29, 0.717) is 0 Å². The summed E-state index contributed by atoms with van der Waals surface area (Å²) in [4.78, 5) is 9.96. The average molecular weight is 259 g/mol. The second kappa shape index (κ2) is 5.50. The summed E-state index contributed by atoms with van der Waals surface area (Å²) in [7, 11) is 0. The van der Waals surface area contributed by atoms with Crippen LogP contribution in [0.2, 0.25) is 0 Å². The molecule has 18 heavy (non-hydrogen) atoms. The van der Waals surface area contributed by atoms with Crippen LogP contribution in [0.3, 0.4) is 0 Å². The van der Waals surface area contributed by atoms with Gasteiger partial charge in [0.15, 0.2) is 5.16 Å². The minimum Gasteiger partial charge on any atom is -0.324 e. The number of aryl methyl sites for hydroxylation is 2. The average Bonchev–Trinajstić information content (AvgIpc) is 2.28. The fraction of sp³-hybridized carbons (Fsp3) is 0.286. The van der Waals surface area contributed by atoms with E-state index < -0.39 is 0 Å². The van der Waals surface area contributed by atoms with Crippen LogP contribution < -0.4 is 5.73 Å². The standard InChI is InChI=1S/C14H17N3S/c1-9-8-10(2)17-14(16-9)18-13-6-4-12(5-7-13)11(3)15/h4-8,11H,15H2,1-3H3/t11-/m1/s1. The third-order valence-corrected chi connectivity index (χ3v) is 3.45. The Morgan fingerprint density at radius 1 is 1.06 bits per heavy atom. The van der Waals surface area contributed by atoms with Crippen LogP contribution in [0.4, 0.5) is 0 Å². The Hall–Kier alpha value is -1.39. The predicted octanol–water partition coefficient (Wildman–Crippen LogP) is 3.26. The van der Waals surface area contributed by atoms with Gasteiger partial charge in [0.25, 0.3) is 0 Å². The molecular formula is C14H17N3S. The molecule has 0 unspecified atom stereocenters. The fourth-order valence-corrected chi connectivity index (χ4v) is 2.55. The van der Waals surface area contributed by atoms with Gasteiger partial charge in [-0.3, -0.25) is 0 Å². The van der Waals surface area contributed by atoms with Crippen molar-refractivity contribution in [2.45, 2.75) is 36.9 Å². The van der Waals surface area contributed by atoms with Crippen LogP contribution in [0.15, 0.2) is 40.4 Å². The maximum atomic E-state index is 5.82. The Kier molecular flexibility index (Phi) is 3.99. The van der Waals surface area contributed by atoms with Crippen molar-refractivity contribution < 1.29 is 0 Å². The van der Waals surface area contributed by atoms with Gasteiger partial charge in [0.05, 0.1) is 0 Å². The van der Waals surface area contributed by atoms with Gasteiger partial charge in [-0.25, -0.2) is 9.97 Å². The molecule has 0 aliphatic carbocycles. The van der Waals surface area contributed by atoms with Crippen LogP contribution in [0.5, 0.6) is 0 Å². The van der Waals surface area contributed by atoms with Gasteiger partial charge in [0.1, 0.15) is 0 Å². The topological polar surface area (TPSA) is 51.8 Å². The van der Waals surface area contributed by atoms with E-state index in [9.17, 15) is 0 Å². The van der Waals surface area contributed by atoms with Crippen molar-refractivity contribution in [3.8, 4) is 0 Å². The van der Waals surface area contributed by atoms with E-state index in [-0.39, 0.29) is 6.04 Å². The highest BCUT2D eigenvalue weighted by Gasteiger charge is 2.04. The lowest BCUT2D eigenvalue weighted by Crippen LogP contribution is -2.04. The molecule has 0 amide bonds. The van der Waals surface area contributed by atoms with Crippen molar-refractivity contribution in [2.24, 2.45) is 5.73 Å². The van der Waals surface area contributed by atoms with E-state index in [0.717, 1.165) is 27.0 Å². The number of nitrogens with zero attached hydrogens (tertiary/aromatic N) is 2. The van der Waals surface area contributed by atoms with Gasteiger partial charge in [-0.2, -0.15) is 0 Å². The van der Waals surface area contributed by atoms with Gasteiger partial charge in [-0.05, 0) is 56.3 Å². The Balaban J connectivity index is 2.18. The van der Waals surface area contributed by atoms with Crippen LogP contribution in [0, 0.1) is 13.8 Å². The number of hydrogen-bond donors (Lipinski definition) is 1. The van der Waals surface area contributed by atoms with E-state index in [2.05, 4.69) is 34.2 Å². The number of rotatable bonds is 3. The maximum absolute atomic E-state index is 5.82. The zero-order valence-electron chi connectivity index (χ0n) is 10.8. The third-order valence-electron chi connectivity index (χ3n) is 2.58. The van der Waals surface area contributed by atoms with E-state index in [1.54, 1.807) is 11.8 Å². The van der Waals surface area contributed by atoms with Gasteiger partial charge in [-0.15, -0.1) is 0 Å². The highest BCUT2D eigenvalue weighted by Crippen LogP contribution is 2.26. The molecule has 2 rings (SSSR count). The van der Waals surface area contributed by atoms with Gasteiger partial charge in [0, 0.05) is 22.3 Å². The Labute approximate surface area is 112 Å². The van der Waals surface area contributed by atoms with Crippen LogP contribution >= 0.6 is 11.8 Å². The first-order valence-electron chi connectivity index (χ1n) is 5.90. The minimum absolute atomic E-state index is 0.0708. The van der Waals surface area contributed by atoms with Crippen molar-refractivity contribution in [2.75, 3.05) is 0 Å². The summed E-state index contributed by atoms with van der Waals surface area (Å²) in [5.74, 6) is 0. The van der Waals surface area contributed by atoms with E-state index >= 15 is 0 Å². The molecule has 94 valence electrons. The molecule has 0 aliphatic heterocycles. The van der Waals surface area contributed by atoms with Crippen LogP contribution in [0.1, 0.15) is 29.9 Å². The lowest BCUT2D eigenvalue weighted by Gasteiger charge is -2.07. The maximum Gasteiger partial charge on any atom is 0.192 e. The second-order valence-corrected chi connectivity index (χ2v) is 5.43. The molecule has 0 spiro atoms. The SMILES string of the molecule is Cc1cc(C)nc(Sc2ccc([C@@H](C)N)cc2)n1. The molecule has 0 saturated carbocycles. The molecule has 1 heterocycles. The molecule has 0 aliphatic rings. The predicted molar refractivity (Wildman–Crippen MR) is 74.7 cm³/mol. The van der Waals surface area contributed by atoms with Gasteiger partial charge in [0.2, 0.25) is 0 Å². The van der Waals surface area contributed by atoms with Crippen molar-refractivity contribution in [3.05, 3.63) is 47.3 Å². The van der Waals surface area contributed by atoms with E-state index in [1.165, 1.54) is 0 Å². The molecule has 0 fully saturated rings. The van der Waals surface area contributed by atoms with Crippen molar-refractivity contribution >= 4 is 11.8 Å². The highest BCUT2D eigenvalue weighted by molar-refractivity contribution is 7.99.